The number of aliphatic hydroxyl groups excluding tert-OH is 1. The molecule has 5 rings (SSSR count). The topological polar surface area (TPSA) is 98.7 Å². The van der Waals surface area contributed by atoms with E-state index < -0.39 is 17.8 Å². The number of hydrogen-bond donors (Lipinski definition) is 2. The van der Waals surface area contributed by atoms with Crippen LogP contribution in [0.3, 0.4) is 0 Å². The molecule has 2 aromatic carbocycles. The number of aliphatic hydroxyl groups is 2. The van der Waals surface area contributed by atoms with Crippen molar-refractivity contribution < 1.29 is 19.7 Å². The van der Waals surface area contributed by atoms with Crippen LogP contribution >= 0.6 is 0 Å². The lowest BCUT2D eigenvalue weighted by Gasteiger charge is -2.45. The Labute approximate surface area is 198 Å². The smallest absolute Gasteiger partial charge is 0.253 e. The van der Waals surface area contributed by atoms with E-state index in [-0.39, 0.29) is 5.91 Å². The quantitative estimate of drug-likeness (QED) is 0.628. The van der Waals surface area contributed by atoms with E-state index in [0.717, 1.165) is 22.7 Å². The van der Waals surface area contributed by atoms with Gasteiger partial charge >= 0.3 is 0 Å². The van der Waals surface area contributed by atoms with Gasteiger partial charge in [-0.05, 0) is 61.4 Å². The summed E-state index contributed by atoms with van der Waals surface area (Å²) in [7, 11) is 0. The van der Waals surface area contributed by atoms with Crippen LogP contribution in [0.5, 0.6) is 5.75 Å². The molecule has 1 saturated heterocycles. The van der Waals surface area contributed by atoms with Gasteiger partial charge in [0, 0.05) is 31.5 Å². The number of aryl methyl sites for hydroxylation is 1. The minimum atomic E-state index is -1.35. The standard InChI is InChI=1S/C27H27N3O4/c1-18-15-19(7-9-21(18)26(2,33)17-31)25(32)29-13-11-27(12-14-29)24-10-8-20(16-28)30(24)22-5-3-4-6-23(22)34-27/h3-10,15,31,33H,11-14,17H2,1-2H3/t26-/m1/s1. The van der Waals surface area contributed by atoms with Crippen LogP contribution in [0.2, 0.25) is 0 Å². The highest BCUT2D eigenvalue weighted by Gasteiger charge is 2.45. The van der Waals surface area contributed by atoms with Crippen molar-refractivity contribution in [2.24, 2.45) is 0 Å². The molecule has 2 aliphatic rings. The van der Waals surface area contributed by atoms with E-state index in [1.54, 1.807) is 25.1 Å². The first-order valence-corrected chi connectivity index (χ1v) is 11.4. The van der Waals surface area contributed by atoms with Gasteiger partial charge < -0.3 is 19.8 Å². The van der Waals surface area contributed by atoms with E-state index in [1.807, 2.05) is 52.8 Å². The summed E-state index contributed by atoms with van der Waals surface area (Å²) in [5.41, 5.74) is 2.34. The number of rotatable bonds is 3. The van der Waals surface area contributed by atoms with Crippen molar-refractivity contribution in [2.45, 2.75) is 37.9 Å². The number of nitrogens with zero attached hydrogens (tertiary/aromatic N) is 3. The molecule has 174 valence electrons. The molecule has 1 aromatic heterocycles. The van der Waals surface area contributed by atoms with E-state index in [9.17, 15) is 20.3 Å². The van der Waals surface area contributed by atoms with Crippen LogP contribution in [0.25, 0.3) is 5.69 Å². The fourth-order valence-electron chi connectivity index (χ4n) is 5.23. The maximum Gasteiger partial charge on any atom is 0.253 e. The van der Waals surface area contributed by atoms with E-state index in [2.05, 4.69) is 6.07 Å². The van der Waals surface area contributed by atoms with Crippen molar-refractivity contribution in [3.8, 4) is 17.5 Å². The first-order chi connectivity index (χ1) is 16.3. The van der Waals surface area contributed by atoms with Gasteiger partial charge in [-0.25, -0.2) is 0 Å². The number of piperidine rings is 1. The highest BCUT2D eigenvalue weighted by atomic mass is 16.5. The van der Waals surface area contributed by atoms with E-state index in [4.69, 9.17) is 4.74 Å². The third kappa shape index (κ3) is 3.38. The van der Waals surface area contributed by atoms with E-state index in [1.165, 1.54) is 0 Å². The van der Waals surface area contributed by atoms with Gasteiger partial charge in [0.25, 0.3) is 5.91 Å². The van der Waals surface area contributed by atoms with Crippen LogP contribution < -0.4 is 4.74 Å². The van der Waals surface area contributed by atoms with Crippen LogP contribution in [0, 0.1) is 18.3 Å². The molecule has 1 spiro atoms. The van der Waals surface area contributed by atoms with Gasteiger partial charge in [-0.15, -0.1) is 0 Å². The van der Waals surface area contributed by atoms with Gasteiger partial charge in [-0.1, -0.05) is 18.2 Å². The molecule has 2 N–H and O–H groups in total. The molecule has 0 unspecified atom stereocenters. The van der Waals surface area contributed by atoms with Crippen molar-refractivity contribution in [1.82, 2.24) is 9.47 Å². The number of carbonyl (C=O) groups excluding carboxylic acids is 1. The molecule has 0 radical (unpaired) electrons. The second-order valence-electron chi connectivity index (χ2n) is 9.37. The fourth-order valence-corrected chi connectivity index (χ4v) is 5.23. The Kier molecular flexibility index (Phi) is 5.23. The van der Waals surface area contributed by atoms with Gasteiger partial charge in [0.1, 0.15) is 23.1 Å². The first-order valence-electron chi connectivity index (χ1n) is 11.4. The fraction of sp³-hybridized carbons (Fsp3) is 0.333. The highest BCUT2D eigenvalue weighted by molar-refractivity contribution is 5.94. The zero-order valence-corrected chi connectivity index (χ0v) is 19.3. The summed E-state index contributed by atoms with van der Waals surface area (Å²) in [5.74, 6) is 0.669. The van der Waals surface area contributed by atoms with Gasteiger partial charge in [0.05, 0.1) is 18.0 Å². The number of para-hydroxylation sites is 2. The third-order valence-corrected chi connectivity index (χ3v) is 7.09. The Morgan fingerprint density at radius 1 is 1.18 bits per heavy atom. The minimum absolute atomic E-state index is 0.0718. The largest absolute Gasteiger partial charge is 0.479 e. The average Bonchev–Trinajstić information content (AvgIpc) is 3.30. The van der Waals surface area contributed by atoms with Gasteiger partial charge in [-0.3, -0.25) is 9.36 Å². The molecule has 1 amide bonds. The molecule has 2 aliphatic heterocycles. The third-order valence-electron chi connectivity index (χ3n) is 7.09. The monoisotopic (exact) mass is 457 g/mol. The van der Waals surface area contributed by atoms with E-state index >= 15 is 0 Å². The lowest BCUT2D eigenvalue weighted by Crippen LogP contribution is -2.50. The minimum Gasteiger partial charge on any atom is -0.479 e. The molecule has 7 heteroatoms. The Bertz CT molecular complexity index is 1310. The molecule has 0 aliphatic carbocycles. The van der Waals surface area contributed by atoms with Crippen molar-refractivity contribution in [3.63, 3.8) is 0 Å². The number of nitriles is 1. The molecule has 34 heavy (non-hydrogen) atoms. The summed E-state index contributed by atoms with van der Waals surface area (Å²) < 4.78 is 8.52. The summed E-state index contributed by atoms with van der Waals surface area (Å²) in [4.78, 5) is 15.1. The summed E-state index contributed by atoms with van der Waals surface area (Å²) in [6.45, 7) is 4.02. The number of likely N-dealkylation sites (tertiary alicyclic amines) is 1. The number of fused-ring (bicyclic) bond motifs is 4. The van der Waals surface area contributed by atoms with E-state index in [0.29, 0.717) is 42.8 Å². The lowest BCUT2D eigenvalue weighted by atomic mass is 9.86. The number of ether oxygens (including phenoxy) is 1. The maximum absolute atomic E-state index is 13.3. The average molecular weight is 458 g/mol. The molecule has 1 atom stereocenters. The van der Waals surface area contributed by atoms with Crippen LogP contribution in [0.15, 0.2) is 54.6 Å². The highest BCUT2D eigenvalue weighted by Crippen LogP contribution is 2.46. The Morgan fingerprint density at radius 3 is 2.59 bits per heavy atom. The van der Waals surface area contributed by atoms with Gasteiger partial charge in [-0.2, -0.15) is 5.26 Å². The number of amides is 1. The molecule has 0 saturated carbocycles. The zero-order valence-electron chi connectivity index (χ0n) is 19.3. The Hall–Kier alpha value is -3.60. The normalized spacial score (nSPS) is 17.8. The second kappa shape index (κ2) is 8.01. The second-order valence-corrected chi connectivity index (χ2v) is 9.37. The number of benzene rings is 2. The van der Waals surface area contributed by atoms with Crippen LogP contribution in [0.4, 0.5) is 0 Å². The molecule has 1 fully saturated rings. The van der Waals surface area contributed by atoms with Crippen molar-refractivity contribution in [3.05, 3.63) is 82.7 Å². The molecular weight excluding hydrogens is 430 g/mol. The summed E-state index contributed by atoms with van der Waals surface area (Å²) in [5, 5.41) is 29.5. The molecule has 7 nitrogen and oxygen atoms in total. The van der Waals surface area contributed by atoms with Crippen molar-refractivity contribution in [1.29, 1.82) is 5.26 Å². The number of hydrogen-bond acceptors (Lipinski definition) is 5. The van der Waals surface area contributed by atoms with Crippen LogP contribution in [-0.4, -0.2) is 45.3 Å². The predicted octanol–water partition coefficient (Wildman–Crippen LogP) is 3.38. The summed E-state index contributed by atoms with van der Waals surface area (Å²) >= 11 is 0. The number of aromatic nitrogens is 1. The zero-order chi connectivity index (χ0) is 24.1. The summed E-state index contributed by atoms with van der Waals surface area (Å²) in [6.07, 6.45) is 1.22. The number of carbonyl (C=O) groups is 1. The first kappa shape index (κ1) is 22.2. The van der Waals surface area contributed by atoms with Gasteiger partial charge in [0.2, 0.25) is 0 Å². The Balaban J connectivity index is 1.39. The van der Waals surface area contributed by atoms with Crippen LogP contribution in [0.1, 0.15) is 52.6 Å². The molecular formula is C27H27N3O4. The SMILES string of the molecule is Cc1cc(C(=O)N2CCC3(CC2)Oc2ccccc2-n2c(C#N)ccc23)ccc1[C@](C)(O)CO. The van der Waals surface area contributed by atoms with Crippen LogP contribution in [-0.2, 0) is 11.2 Å². The molecule has 3 aromatic rings. The summed E-state index contributed by atoms with van der Waals surface area (Å²) in [6, 6.07) is 19.0. The predicted molar refractivity (Wildman–Crippen MR) is 126 cm³/mol. The Morgan fingerprint density at radius 2 is 1.91 bits per heavy atom. The van der Waals surface area contributed by atoms with Gasteiger partial charge in [0.15, 0.2) is 5.60 Å². The lowest BCUT2D eigenvalue weighted by molar-refractivity contribution is -0.00948. The molecule has 0 bridgehead atoms. The maximum atomic E-state index is 13.3. The van der Waals surface area contributed by atoms with Crippen molar-refractivity contribution >= 4 is 5.91 Å². The molecule has 3 heterocycles. The van der Waals surface area contributed by atoms with Crippen molar-refractivity contribution in [2.75, 3.05) is 19.7 Å².